The highest BCUT2D eigenvalue weighted by Gasteiger charge is 2.28. The minimum absolute atomic E-state index is 0.101. The van der Waals surface area contributed by atoms with Crippen LogP contribution in [0.1, 0.15) is 20.8 Å². The van der Waals surface area contributed by atoms with Crippen molar-refractivity contribution in [3.8, 4) is 11.5 Å². The monoisotopic (exact) mass is 473 g/mol. The number of nitrogens with zero attached hydrogens (tertiary/aromatic N) is 2. The van der Waals surface area contributed by atoms with Crippen molar-refractivity contribution in [2.45, 2.75) is 0 Å². The summed E-state index contributed by atoms with van der Waals surface area (Å²) in [5.74, 6) is -0.268. The Morgan fingerprint density at radius 3 is 2.74 bits per heavy atom. The first-order valence-corrected chi connectivity index (χ1v) is 10.5. The van der Waals surface area contributed by atoms with Crippen LogP contribution >= 0.6 is 34.5 Å². The molecular formula is C21H13Cl2N3O4S. The molecular weight excluding hydrogens is 461 g/mol. The summed E-state index contributed by atoms with van der Waals surface area (Å²) >= 11 is 13.4. The van der Waals surface area contributed by atoms with Gasteiger partial charge in [0, 0.05) is 10.6 Å². The van der Waals surface area contributed by atoms with Crippen molar-refractivity contribution in [1.82, 2.24) is 0 Å². The molecule has 1 N–H and O–H groups in total. The number of benzene rings is 2. The van der Waals surface area contributed by atoms with Crippen molar-refractivity contribution in [3.63, 3.8) is 0 Å². The molecule has 0 radical (unpaired) electrons. The molecule has 0 unspecified atom stereocenters. The molecule has 0 saturated carbocycles. The fourth-order valence-corrected chi connectivity index (χ4v) is 3.97. The van der Waals surface area contributed by atoms with Crippen molar-refractivity contribution in [2.24, 2.45) is 10.2 Å². The lowest BCUT2D eigenvalue weighted by Crippen LogP contribution is -2.13. The Kier molecular flexibility index (Phi) is 6.03. The predicted octanol–water partition coefficient (Wildman–Crippen LogP) is 5.06. The van der Waals surface area contributed by atoms with Crippen LogP contribution in [0.2, 0.25) is 10.0 Å². The van der Waals surface area contributed by atoms with E-state index in [0.29, 0.717) is 37.5 Å². The standard InChI is InChI=1S/C21H13Cl2N3O4S/c1-29-16-7-11(4-5-15(16)30-21(28)17-3-2-6-31-17)10-24-26-19-13-8-12(22)9-14(23)18(13)25-20(19)27/h2-10H,1H3,(H,25,26,27)/b24-10+. The maximum atomic E-state index is 12.2. The zero-order chi connectivity index (χ0) is 22.0. The molecule has 2 aromatic carbocycles. The molecule has 7 nitrogen and oxygen atoms in total. The summed E-state index contributed by atoms with van der Waals surface area (Å²) in [6.07, 6.45) is 1.44. The zero-order valence-electron chi connectivity index (χ0n) is 15.9. The number of anilines is 1. The van der Waals surface area contributed by atoms with Gasteiger partial charge in [-0.1, -0.05) is 29.3 Å². The van der Waals surface area contributed by atoms with E-state index in [9.17, 15) is 9.59 Å². The highest BCUT2D eigenvalue weighted by Crippen LogP contribution is 2.34. The van der Waals surface area contributed by atoms with Crippen LogP contribution in [-0.4, -0.2) is 30.9 Å². The lowest BCUT2D eigenvalue weighted by atomic mass is 10.1. The summed E-state index contributed by atoms with van der Waals surface area (Å²) in [7, 11) is 1.46. The number of nitrogens with one attached hydrogen (secondary N) is 1. The van der Waals surface area contributed by atoms with E-state index in [2.05, 4.69) is 15.5 Å². The Hall–Kier alpha value is -3.20. The molecule has 156 valence electrons. The Morgan fingerprint density at radius 1 is 1.16 bits per heavy atom. The van der Waals surface area contributed by atoms with Crippen molar-refractivity contribution in [3.05, 3.63) is 73.9 Å². The average molecular weight is 474 g/mol. The average Bonchev–Trinajstić information content (AvgIpc) is 3.38. The van der Waals surface area contributed by atoms with Gasteiger partial charge in [-0.3, -0.25) is 4.79 Å². The van der Waals surface area contributed by atoms with E-state index in [-0.39, 0.29) is 11.5 Å². The first kappa shape index (κ1) is 21.0. The minimum Gasteiger partial charge on any atom is -0.493 e. The maximum absolute atomic E-state index is 12.2. The molecule has 0 aliphatic carbocycles. The summed E-state index contributed by atoms with van der Waals surface area (Å²) < 4.78 is 10.7. The highest BCUT2D eigenvalue weighted by molar-refractivity contribution is 7.12. The number of esters is 1. The number of hydrogen-bond acceptors (Lipinski definition) is 7. The first-order valence-electron chi connectivity index (χ1n) is 8.82. The number of fused-ring (bicyclic) bond motifs is 1. The second-order valence-corrected chi connectivity index (χ2v) is 8.03. The largest absolute Gasteiger partial charge is 0.493 e. The summed E-state index contributed by atoms with van der Waals surface area (Å²) in [6, 6.07) is 11.5. The fraction of sp³-hybridized carbons (Fsp3) is 0.0476. The van der Waals surface area contributed by atoms with E-state index in [4.69, 9.17) is 32.7 Å². The Morgan fingerprint density at radius 2 is 2.00 bits per heavy atom. The third kappa shape index (κ3) is 4.46. The van der Waals surface area contributed by atoms with Gasteiger partial charge in [0.15, 0.2) is 17.2 Å². The Labute approximate surface area is 190 Å². The summed E-state index contributed by atoms with van der Waals surface area (Å²) in [5, 5.41) is 13.2. The predicted molar refractivity (Wildman–Crippen MR) is 121 cm³/mol. The highest BCUT2D eigenvalue weighted by atomic mass is 35.5. The molecule has 4 rings (SSSR count). The van der Waals surface area contributed by atoms with Crippen molar-refractivity contribution in [1.29, 1.82) is 0 Å². The molecule has 0 fully saturated rings. The van der Waals surface area contributed by atoms with Gasteiger partial charge in [-0.2, -0.15) is 5.10 Å². The number of methoxy groups -OCH3 is 1. The summed E-state index contributed by atoms with van der Waals surface area (Å²) in [5.41, 5.74) is 1.65. The smallest absolute Gasteiger partial charge is 0.353 e. The number of rotatable bonds is 5. The van der Waals surface area contributed by atoms with E-state index in [1.165, 1.54) is 30.7 Å². The van der Waals surface area contributed by atoms with Gasteiger partial charge in [0.2, 0.25) is 0 Å². The van der Waals surface area contributed by atoms with Gasteiger partial charge in [-0.15, -0.1) is 16.4 Å². The SMILES string of the molecule is COc1cc(/C=N/N=C2\C(=O)Nc3c(Cl)cc(Cl)cc32)ccc1OC(=O)c1cccs1. The van der Waals surface area contributed by atoms with E-state index >= 15 is 0 Å². The van der Waals surface area contributed by atoms with Crippen LogP contribution in [0.5, 0.6) is 11.5 Å². The molecule has 2 heterocycles. The van der Waals surface area contributed by atoms with Gasteiger partial charge in [-0.05, 0) is 47.3 Å². The number of carbonyl (C=O) groups excluding carboxylic acids is 2. The van der Waals surface area contributed by atoms with Gasteiger partial charge in [-0.25, -0.2) is 4.79 Å². The number of ether oxygens (including phenoxy) is 2. The van der Waals surface area contributed by atoms with Gasteiger partial charge >= 0.3 is 5.97 Å². The van der Waals surface area contributed by atoms with Gasteiger partial charge in [0.25, 0.3) is 5.91 Å². The number of hydrogen-bond donors (Lipinski definition) is 1. The van der Waals surface area contributed by atoms with Crippen molar-refractivity contribution >= 4 is 64.0 Å². The quantitative estimate of drug-likeness (QED) is 0.242. The van der Waals surface area contributed by atoms with E-state index < -0.39 is 11.9 Å². The molecule has 10 heteroatoms. The molecule has 3 aromatic rings. The fourth-order valence-electron chi connectivity index (χ4n) is 2.83. The van der Waals surface area contributed by atoms with Crippen LogP contribution in [0.4, 0.5) is 5.69 Å². The number of halogens is 2. The molecule has 1 aliphatic heterocycles. The van der Waals surface area contributed by atoms with Gasteiger partial charge in [0.1, 0.15) is 4.88 Å². The minimum atomic E-state index is -0.468. The molecule has 1 amide bonds. The lowest BCUT2D eigenvalue weighted by Gasteiger charge is -2.09. The number of amides is 1. The normalized spacial score (nSPS) is 14.0. The maximum Gasteiger partial charge on any atom is 0.353 e. The summed E-state index contributed by atoms with van der Waals surface area (Å²) in [4.78, 5) is 24.8. The third-order valence-electron chi connectivity index (χ3n) is 4.24. The van der Waals surface area contributed by atoms with Crippen molar-refractivity contribution in [2.75, 3.05) is 12.4 Å². The second-order valence-electron chi connectivity index (χ2n) is 6.23. The summed E-state index contributed by atoms with van der Waals surface area (Å²) in [6.45, 7) is 0. The van der Waals surface area contributed by atoms with Crippen LogP contribution in [0.25, 0.3) is 0 Å². The lowest BCUT2D eigenvalue weighted by molar-refractivity contribution is -0.110. The van der Waals surface area contributed by atoms with Crippen LogP contribution in [-0.2, 0) is 4.79 Å². The second kappa shape index (κ2) is 8.89. The van der Waals surface area contributed by atoms with Crippen LogP contribution in [0.3, 0.4) is 0 Å². The molecule has 0 atom stereocenters. The van der Waals surface area contributed by atoms with Gasteiger partial charge < -0.3 is 14.8 Å². The Balaban J connectivity index is 1.55. The zero-order valence-corrected chi connectivity index (χ0v) is 18.2. The van der Waals surface area contributed by atoms with E-state index in [1.54, 1.807) is 41.8 Å². The van der Waals surface area contributed by atoms with Gasteiger partial charge in [0.05, 0.1) is 24.0 Å². The molecule has 0 bridgehead atoms. The molecule has 0 saturated heterocycles. The number of thiophene rings is 1. The number of carbonyl (C=O) groups is 2. The molecule has 1 aliphatic rings. The topological polar surface area (TPSA) is 89.3 Å². The molecule has 1 aromatic heterocycles. The van der Waals surface area contributed by atoms with Crippen LogP contribution in [0, 0.1) is 0 Å². The molecule has 0 spiro atoms. The van der Waals surface area contributed by atoms with Crippen LogP contribution < -0.4 is 14.8 Å². The van der Waals surface area contributed by atoms with Crippen molar-refractivity contribution < 1.29 is 19.1 Å². The van der Waals surface area contributed by atoms with E-state index in [1.807, 2.05) is 0 Å². The van der Waals surface area contributed by atoms with E-state index in [0.717, 1.165) is 0 Å². The molecule has 31 heavy (non-hydrogen) atoms. The Bertz CT molecular complexity index is 1240. The van der Waals surface area contributed by atoms with Crippen LogP contribution in [0.15, 0.2) is 58.0 Å². The first-order chi connectivity index (χ1) is 15.0. The third-order valence-corrected chi connectivity index (χ3v) is 5.61.